The first kappa shape index (κ1) is 20.9. The maximum absolute atomic E-state index is 12.3. The van der Waals surface area contributed by atoms with Crippen molar-refractivity contribution in [1.82, 2.24) is 24.7 Å². The van der Waals surface area contributed by atoms with Gasteiger partial charge in [0.05, 0.1) is 5.69 Å². The van der Waals surface area contributed by atoms with Gasteiger partial charge in [-0.25, -0.2) is 9.78 Å². The van der Waals surface area contributed by atoms with Crippen molar-refractivity contribution < 1.29 is 4.79 Å². The monoisotopic (exact) mass is 431 g/mol. The van der Waals surface area contributed by atoms with Crippen LogP contribution in [-0.4, -0.2) is 30.8 Å². The largest absolute Gasteiger partial charge is 0.338 e. The van der Waals surface area contributed by atoms with E-state index in [1.807, 2.05) is 81.0 Å². The minimum Gasteiger partial charge on any atom is -0.338 e. The molecule has 0 bridgehead atoms. The summed E-state index contributed by atoms with van der Waals surface area (Å²) in [5.74, 6) is 2.58. The lowest BCUT2D eigenvalue weighted by molar-refractivity contribution is 0.262. The Morgan fingerprint density at radius 1 is 0.969 bits per heavy atom. The van der Waals surface area contributed by atoms with Crippen molar-refractivity contribution in [2.75, 3.05) is 21.3 Å². The van der Waals surface area contributed by atoms with Gasteiger partial charge in [-0.2, -0.15) is 10.1 Å². The fourth-order valence-electron chi connectivity index (χ4n) is 3.18. The number of hydrogen-bond donors (Lipinski definition) is 5. The molecule has 10 nitrogen and oxygen atoms in total. The highest BCUT2D eigenvalue weighted by Gasteiger charge is 2.09. The van der Waals surface area contributed by atoms with Gasteiger partial charge in [0, 0.05) is 42.4 Å². The summed E-state index contributed by atoms with van der Waals surface area (Å²) in [5, 5.41) is 19.1. The maximum Gasteiger partial charge on any atom is 0.324 e. The van der Waals surface area contributed by atoms with Crippen LogP contribution >= 0.6 is 0 Å². The molecular formula is C22H25N9O. The first-order chi connectivity index (χ1) is 15.4. The lowest BCUT2D eigenvalue weighted by atomic mass is 10.2. The molecule has 0 saturated heterocycles. The van der Waals surface area contributed by atoms with Crippen LogP contribution in [0.15, 0.2) is 48.7 Å². The second-order valence-corrected chi connectivity index (χ2v) is 7.50. The zero-order valence-electron chi connectivity index (χ0n) is 18.3. The van der Waals surface area contributed by atoms with E-state index in [-0.39, 0.29) is 6.03 Å². The Hall–Kier alpha value is -4.34. The van der Waals surface area contributed by atoms with E-state index >= 15 is 0 Å². The molecule has 0 aliphatic carbocycles. The van der Waals surface area contributed by atoms with Gasteiger partial charge in [0.15, 0.2) is 0 Å². The molecule has 0 atom stereocenters. The summed E-state index contributed by atoms with van der Waals surface area (Å²) in [6.45, 7) is 5.76. The number of hydrogen-bond acceptors (Lipinski definition) is 6. The molecule has 2 amide bonds. The summed E-state index contributed by atoms with van der Waals surface area (Å²) in [7, 11) is 1.87. The number of anilines is 6. The van der Waals surface area contributed by atoms with Crippen molar-refractivity contribution >= 4 is 40.8 Å². The molecule has 32 heavy (non-hydrogen) atoms. The summed E-state index contributed by atoms with van der Waals surface area (Å²) in [6.07, 6.45) is 1.87. The molecule has 0 unspecified atom stereocenters. The number of aromatic amines is 1. The molecule has 0 radical (unpaired) electrons. The van der Waals surface area contributed by atoms with E-state index in [1.165, 1.54) is 0 Å². The van der Waals surface area contributed by atoms with E-state index in [4.69, 9.17) is 0 Å². The smallest absolute Gasteiger partial charge is 0.324 e. The van der Waals surface area contributed by atoms with Gasteiger partial charge in [0.2, 0.25) is 5.95 Å². The third-order valence-corrected chi connectivity index (χ3v) is 4.74. The molecule has 3 heterocycles. The molecular weight excluding hydrogens is 406 g/mol. The number of urea groups is 1. The molecule has 4 aromatic rings. The standard InChI is InChI=1S/C22H25N9O/c1-13-10-16(24-22(32)28-20-6-5-9-31(20)4)7-8-17(13)25-21-23-14(2)11-18(27-21)26-19-12-15(3)29-30-19/h5-12H,1-4H3,(H2,24,28,32)(H3,23,25,26,27,29,30). The molecule has 0 saturated carbocycles. The average molecular weight is 432 g/mol. The third kappa shape index (κ3) is 5.04. The first-order valence-electron chi connectivity index (χ1n) is 10.1. The number of benzene rings is 1. The lowest BCUT2D eigenvalue weighted by Crippen LogP contribution is -2.20. The van der Waals surface area contributed by atoms with Crippen LogP contribution in [0.5, 0.6) is 0 Å². The van der Waals surface area contributed by atoms with E-state index in [1.54, 1.807) is 0 Å². The third-order valence-electron chi connectivity index (χ3n) is 4.74. The quantitative estimate of drug-likeness (QED) is 0.304. The van der Waals surface area contributed by atoms with Crippen LogP contribution < -0.4 is 21.3 Å². The van der Waals surface area contributed by atoms with Crippen LogP contribution in [0.1, 0.15) is 17.0 Å². The van der Waals surface area contributed by atoms with Crippen LogP contribution in [0.3, 0.4) is 0 Å². The topological polar surface area (TPSA) is 125 Å². The van der Waals surface area contributed by atoms with Crippen molar-refractivity contribution in [2.45, 2.75) is 20.8 Å². The lowest BCUT2D eigenvalue weighted by Gasteiger charge is -2.13. The predicted molar refractivity (Wildman–Crippen MR) is 126 cm³/mol. The van der Waals surface area contributed by atoms with Crippen LogP contribution in [0, 0.1) is 20.8 Å². The summed E-state index contributed by atoms with van der Waals surface area (Å²) in [6, 6.07) is 12.7. The highest BCUT2D eigenvalue weighted by atomic mass is 16.2. The summed E-state index contributed by atoms with van der Waals surface area (Å²) in [5.41, 5.74) is 4.16. The SMILES string of the molecule is Cc1cc(Nc2cc(C)nc(Nc3ccc(NC(=O)Nc4cccn4C)cc3C)n2)[nH]n1. The highest BCUT2D eigenvalue weighted by Crippen LogP contribution is 2.24. The number of rotatable bonds is 6. The Morgan fingerprint density at radius 3 is 2.50 bits per heavy atom. The van der Waals surface area contributed by atoms with E-state index < -0.39 is 0 Å². The Balaban J connectivity index is 1.44. The Bertz CT molecular complexity index is 1260. The number of carbonyl (C=O) groups excluding carboxylic acids is 1. The Kier molecular flexibility index (Phi) is 5.75. The predicted octanol–water partition coefficient (Wildman–Crippen LogP) is 4.59. The van der Waals surface area contributed by atoms with E-state index in [9.17, 15) is 4.79 Å². The minimum atomic E-state index is -0.307. The molecule has 1 aromatic carbocycles. The summed E-state index contributed by atoms with van der Waals surface area (Å²) < 4.78 is 1.83. The molecule has 5 N–H and O–H groups in total. The number of amides is 2. The highest BCUT2D eigenvalue weighted by molar-refractivity contribution is 5.99. The van der Waals surface area contributed by atoms with Gasteiger partial charge >= 0.3 is 6.03 Å². The maximum atomic E-state index is 12.3. The zero-order chi connectivity index (χ0) is 22.7. The summed E-state index contributed by atoms with van der Waals surface area (Å²) >= 11 is 0. The van der Waals surface area contributed by atoms with Crippen molar-refractivity contribution in [3.63, 3.8) is 0 Å². The second-order valence-electron chi connectivity index (χ2n) is 7.50. The van der Waals surface area contributed by atoms with Crippen LogP contribution in [-0.2, 0) is 7.05 Å². The molecule has 3 aromatic heterocycles. The zero-order valence-corrected chi connectivity index (χ0v) is 18.3. The molecule has 164 valence electrons. The van der Waals surface area contributed by atoms with Crippen LogP contribution in [0.4, 0.5) is 39.6 Å². The van der Waals surface area contributed by atoms with Gasteiger partial charge in [-0.05, 0) is 56.7 Å². The Labute approximate surface area is 185 Å². The van der Waals surface area contributed by atoms with Gasteiger partial charge in [0.25, 0.3) is 0 Å². The number of nitrogens with one attached hydrogen (secondary N) is 5. The van der Waals surface area contributed by atoms with Gasteiger partial charge < -0.3 is 20.5 Å². The van der Waals surface area contributed by atoms with Crippen molar-refractivity contribution in [2.24, 2.45) is 7.05 Å². The van der Waals surface area contributed by atoms with Crippen molar-refractivity contribution in [3.05, 3.63) is 65.6 Å². The van der Waals surface area contributed by atoms with Crippen LogP contribution in [0.2, 0.25) is 0 Å². The Morgan fingerprint density at radius 2 is 1.81 bits per heavy atom. The normalized spacial score (nSPS) is 10.6. The fraction of sp³-hybridized carbons (Fsp3) is 0.182. The molecule has 0 spiro atoms. The van der Waals surface area contributed by atoms with Gasteiger partial charge in [-0.15, -0.1) is 0 Å². The molecule has 0 aliphatic heterocycles. The molecule has 4 rings (SSSR count). The van der Waals surface area contributed by atoms with E-state index in [0.717, 1.165) is 28.5 Å². The van der Waals surface area contributed by atoms with Crippen molar-refractivity contribution in [1.29, 1.82) is 0 Å². The van der Waals surface area contributed by atoms with Gasteiger partial charge in [0.1, 0.15) is 17.5 Å². The van der Waals surface area contributed by atoms with E-state index in [2.05, 4.69) is 41.4 Å². The molecule has 10 heteroatoms. The fourth-order valence-corrected chi connectivity index (χ4v) is 3.18. The summed E-state index contributed by atoms with van der Waals surface area (Å²) in [4.78, 5) is 21.3. The second kappa shape index (κ2) is 8.80. The number of carbonyl (C=O) groups is 1. The minimum absolute atomic E-state index is 0.307. The first-order valence-corrected chi connectivity index (χ1v) is 10.1. The number of nitrogens with zero attached hydrogens (tertiary/aromatic N) is 4. The number of aryl methyl sites for hydroxylation is 4. The van der Waals surface area contributed by atoms with E-state index in [0.29, 0.717) is 23.3 Å². The van der Waals surface area contributed by atoms with Gasteiger partial charge in [-0.1, -0.05) is 0 Å². The number of aromatic nitrogens is 5. The number of H-pyrrole nitrogens is 1. The van der Waals surface area contributed by atoms with Gasteiger partial charge in [-0.3, -0.25) is 10.4 Å². The van der Waals surface area contributed by atoms with Crippen molar-refractivity contribution in [3.8, 4) is 0 Å². The molecule has 0 fully saturated rings. The average Bonchev–Trinajstić information content (AvgIpc) is 3.31. The van der Waals surface area contributed by atoms with Crippen LogP contribution in [0.25, 0.3) is 0 Å². The molecule has 0 aliphatic rings.